The summed E-state index contributed by atoms with van der Waals surface area (Å²) in [4.78, 5) is 66.3. The number of ether oxygens (including phenoxy) is 5. The Morgan fingerprint density at radius 2 is 0.648 bits per heavy atom. The molecule has 0 amide bonds. The summed E-state index contributed by atoms with van der Waals surface area (Å²) in [7, 11) is 0. The van der Waals surface area contributed by atoms with Crippen LogP contribution in [0.15, 0.2) is 0 Å². The molecule has 71 heavy (non-hydrogen) atoms. The molecule has 0 spiro atoms. The number of rotatable bonds is 52. The van der Waals surface area contributed by atoms with Crippen molar-refractivity contribution in [3.8, 4) is 0 Å². The predicted octanol–water partition coefficient (Wildman–Crippen LogP) is 14.4. The fourth-order valence-electron chi connectivity index (χ4n) is 9.20. The van der Waals surface area contributed by atoms with Gasteiger partial charge in [-0.25, -0.2) is 0 Å². The molecule has 1 rings (SSSR count). The number of hydrogen-bond donors (Lipinski definition) is 1. The molecule has 416 valence electrons. The van der Waals surface area contributed by atoms with E-state index in [2.05, 4.69) is 32.6 Å². The highest BCUT2D eigenvalue weighted by molar-refractivity contribution is 5.71. The second-order valence-corrected chi connectivity index (χ2v) is 21.0. The third kappa shape index (κ3) is 42.3. The molecular weight excluding hydrogens is 899 g/mol. The van der Waals surface area contributed by atoms with Crippen LogP contribution in [0.1, 0.15) is 285 Å². The van der Waals surface area contributed by atoms with Gasteiger partial charge in [-0.3, -0.25) is 28.9 Å². The van der Waals surface area contributed by atoms with Gasteiger partial charge in [-0.05, 0) is 96.4 Å². The van der Waals surface area contributed by atoms with Crippen molar-refractivity contribution >= 4 is 29.8 Å². The molecule has 0 radical (unpaired) electrons. The Balaban J connectivity index is 2.59. The monoisotopic (exact) mass is 1010 g/mol. The number of aliphatic hydroxyl groups is 1. The lowest BCUT2D eigenvalue weighted by Gasteiger charge is -2.35. The van der Waals surface area contributed by atoms with Crippen molar-refractivity contribution in [1.82, 2.24) is 4.90 Å². The largest absolute Gasteiger partial charge is 0.465 e. The third-order valence-corrected chi connectivity index (χ3v) is 13.9. The first-order valence-electron chi connectivity index (χ1n) is 29.9. The highest BCUT2D eigenvalue weighted by Crippen LogP contribution is 2.21. The molecule has 0 aromatic rings. The van der Waals surface area contributed by atoms with Gasteiger partial charge in [0.25, 0.3) is 0 Å². The maximum atomic E-state index is 12.9. The lowest BCUT2D eigenvalue weighted by atomic mass is 10.0. The number of unbranched alkanes of at least 4 members (excludes halogenated alkanes) is 24. The van der Waals surface area contributed by atoms with Crippen LogP contribution in [0.3, 0.4) is 0 Å². The van der Waals surface area contributed by atoms with E-state index in [1.54, 1.807) is 0 Å². The molecule has 0 saturated carbocycles. The first-order valence-corrected chi connectivity index (χ1v) is 29.9. The van der Waals surface area contributed by atoms with Crippen LogP contribution in [-0.2, 0) is 47.7 Å². The Morgan fingerprint density at radius 1 is 0.380 bits per heavy atom. The molecule has 1 heterocycles. The van der Waals surface area contributed by atoms with Gasteiger partial charge in [0.05, 0.1) is 12.0 Å². The smallest absolute Gasteiger partial charge is 0.306 e. The molecule has 1 aliphatic rings. The number of aliphatic hydroxyl groups excluding tert-OH is 1. The molecule has 0 aromatic carbocycles. The van der Waals surface area contributed by atoms with E-state index < -0.39 is 17.9 Å². The van der Waals surface area contributed by atoms with E-state index in [0.29, 0.717) is 45.2 Å². The fourth-order valence-corrected chi connectivity index (χ4v) is 9.20. The van der Waals surface area contributed by atoms with Crippen LogP contribution in [0.2, 0.25) is 0 Å². The van der Waals surface area contributed by atoms with E-state index in [1.165, 1.54) is 128 Å². The molecule has 12 heteroatoms. The summed E-state index contributed by atoms with van der Waals surface area (Å²) in [5.74, 6) is -2.15. The third-order valence-electron chi connectivity index (χ3n) is 13.9. The molecule has 1 fully saturated rings. The fraction of sp³-hybridized carbons (Fsp3) is 0.915. The van der Waals surface area contributed by atoms with E-state index in [4.69, 9.17) is 23.7 Å². The van der Waals surface area contributed by atoms with Crippen LogP contribution in [0, 0.1) is 5.92 Å². The summed E-state index contributed by atoms with van der Waals surface area (Å²) in [6.07, 6.45) is 37.8. The number of likely N-dealkylation sites (tertiary alicyclic amines) is 1. The number of carbonyl (C=O) groups is 5. The minimum atomic E-state index is -0.542. The van der Waals surface area contributed by atoms with Gasteiger partial charge in [0.1, 0.15) is 32.0 Å². The maximum absolute atomic E-state index is 12.9. The van der Waals surface area contributed by atoms with E-state index in [9.17, 15) is 29.1 Å². The maximum Gasteiger partial charge on any atom is 0.306 e. The summed E-state index contributed by atoms with van der Waals surface area (Å²) in [5, 5.41) is 9.49. The highest BCUT2D eigenvalue weighted by Gasteiger charge is 2.23. The van der Waals surface area contributed by atoms with Gasteiger partial charge in [-0.2, -0.15) is 0 Å². The van der Waals surface area contributed by atoms with Crippen LogP contribution < -0.4 is 0 Å². The van der Waals surface area contributed by atoms with Gasteiger partial charge in [-0.15, -0.1) is 0 Å². The Kier molecular flexibility index (Phi) is 45.0. The SMILES string of the molecule is CCCCCCCCC(CCCCCCCC)OC(=O)CCCCC(=O)OCC(COC(=O)CCCCCN1CC(O)C1)COC(=O)CCCCC(=O)OC(CCCCCCCC)CCCCCCCC. The second-order valence-electron chi connectivity index (χ2n) is 21.0. The van der Waals surface area contributed by atoms with Gasteiger partial charge in [0, 0.05) is 45.2 Å². The van der Waals surface area contributed by atoms with Crippen LogP contribution in [0.25, 0.3) is 0 Å². The van der Waals surface area contributed by atoms with E-state index >= 15 is 0 Å². The number of carbonyl (C=O) groups excluding carboxylic acids is 5. The lowest BCUT2D eigenvalue weighted by Crippen LogP contribution is -2.50. The lowest BCUT2D eigenvalue weighted by molar-refractivity contribution is -0.155. The van der Waals surface area contributed by atoms with Crippen LogP contribution in [0.5, 0.6) is 0 Å². The number of β-amino-alcohol motifs (C(OH)–C–C–N with tert-alkyl or cyclic N) is 1. The van der Waals surface area contributed by atoms with Gasteiger partial charge in [-0.1, -0.05) is 163 Å². The highest BCUT2D eigenvalue weighted by atomic mass is 16.6. The summed E-state index contributed by atoms with van der Waals surface area (Å²) in [5.41, 5.74) is 0. The second kappa shape index (κ2) is 48.2. The Hall–Kier alpha value is -2.73. The number of esters is 5. The zero-order valence-electron chi connectivity index (χ0n) is 46.3. The summed E-state index contributed by atoms with van der Waals surface area (Å²) in [6, 6.07) is 0. The zero-order valence-corrected chi connectivity index (χ0v) is 46.3. The minimum Gasteiger partial charge on any atom is -0.465 e. The minimum absolute atomic E-state index is 0.0448. The average Bonchev–Trinajstić information content (AvgIpc) is 3.34. The van der Waals surface area contributed by atoms with Crippen molar-refractivity contribution in [2.24, 2.45) is 5.92 Å². The first kappa shape index (κ1) is 66.3. The van der Waals surface area contributed by atoms with Gasteiger partial charge in [0.15, 0.2) is 0 Å². The summed E-state index contributed by atoms with van der Waals surface area (Å²) >= 11 is 0. The van der Waals surface area contributed by atoms with Gasteiger partial charge >= 0.3 is 29.8 Å². The predicted molar refractivity (Wildman–Crippen MR) is 286 cm³/mol. The zero-order chi connectivity index (χ0) is 51.8. The standard InChI is InChI=1S/C59H109NO11/c1-5-9-13-17-21-26-36-53(37-27-22-18-14-10-6-2)70-58(65)43-33-31-41-56(63)68-49-51(48-67-55(62)40-30-25-35-45-60-46-52(61)47-60)50-69-57(64)42-32-34-44-59(66)71-54(38-28-23-19-15-11-7-3)39-29-24-20-16-12-8-4/h51-54,61H,5-50H2,1-4H3. The molecule has 0 aromatic heterocycles. The van der Waals surface area contributed by atoms with Crippen molar-refractivity contribution in [2.45, 2.75) is 303 Å². The molecule has 12 nitrogen and oxygen atoms in total. The van der Waals surface area contributed by atoms with E-state index in [1.807, 2.05) is 0 Å². The van der Waals surface area contributed by atoms with Gasteiger partial charge in [0.2, 0.25) is 0 Å². The first-order chi connectivity index (χ1) is 34.6. The molecular formula is C59H109NO11. The molecule has 0 atom stereocenters. The van der Waals surface area contributed by atoms with Crippen LogP contribution >= 0.6 is 0 Å². The van der Waals surface area contributed by atoms with Crippen molar-refractivity contribution in [1.29, 1.82) is 0 Å². The quantitative estimate of drug-likeness (QED) is 0.0350. The molecule has 0 bridgehead atoms. The van der Waals surface area contributed by atoms with Crippen molar-refractivity contribution in [2.75, 3.05) is 39.5 Å². The molecule has 1 saturated heterocycles. The Labute approximate surface area is 434 Å². The topological polar surface area (TPSA) is 155 Å². The number of hydrogen-bond acceptors (Lipinski definition) is 12. The van der Waals surface area contributed by atoms with Crippen molar-refractivity contribution < 1.29 is 52.8 Å². The van der Waals surface area contributed by atoms with Crippen LogP contribution in [0.4, 0.5) is 0 Å². The van der Waals surface area contributed by atoms with Crippen LogP contribution in [-0.4, -0.2) is 97.6 Å². The average molecular weight is 1010 g/mol. The Morgan fingerprint density at radius 3 is 0.958 bits per heavy atom. The normalized spacial score (nSPS) is 13.0. The van der Waals surface area contributed by atoms with E-state index in [-0.39, 0.29) is 88.1 Å². The molecule has 0 aliphatic carbocycles. The molecule has 1 N–H and O–H groups in total. The van der Waals surface area contributed by atoms with E-state index in [0.717, 1.165) is 70.8 Å². The summed E-state index contributed by atoms with van der Waals surface area (Å²) < 4.78 is 28.7. The number of nitrogens with zero attached hydrogens (tertiary/aromatic N) is 1. The van der Waals surface area contributed by atoms with Crippen molar-refractivity contribution in [3.05, 3.63) is 0 Å². The molecule has 1 aliphatic heterocycles. The van der Waals surface area contributed by atoms with Gasteiger partial charge < -0.3 is 28.8 Å². The molecule has 0 unspecified atom stereocenters. The Bertz CT molecular complexity index is 1180. The van der Waals surface area contributed by atoms with Crippen molar-refractivity contribution in [3.63, 3.8) is 0 Å². The summed E-state index contributed by atoms with van der Waals surface area (Å²) in [6.45, 7) is 11.0.